The van der Waals surface area contributed by atoms with Crippen molar-refractivity contribution in [2.24, 2.45) is 0 Å². The lowest BCUT2D eigenvalue weighted by atomic mass is 10.1. The van der Waals surface area contributed by atoms with E-state index in [2.05, 4.69) is 0 Å². The molecule has 0 atom stereocenters. The summed E-state index contributed by atoms with van der Waals surface area (Å²) in [4.78, 5) is 37.2. The van der Waals surface area contributed by atoms with Gasteiger partial charge in [0, 0.05) is 0 Å². The third kappa shape index (κ3) is 11.3. The van der Waals surface area contributed by atoms with Gasteiger partial charge in [0.15, 0.2) is 0 Å². The number of rotatable bonds is 18. The SMILES string of the molecule is CC(C)(C)OC(=O)CCOCCOCCOCCOCCOCCN1C(=O)c2ccccc2C1=O. The van der Waals surface area contributed by atoms with Gasteiger partial charge in [-0.25, -0.2) is 0 Å². The molecule has 35 heavy (non-hydrogen) atoms. The van der Waals surface area contributed by atoms with E-state index in [1.54, 1.807) is 24.3 Å². The molecule has 0 saturated carbocycles. The maximum absolute atomic E-state index is 12.2. The second kappa shape index (κ2) is 15.6. The Kier molecular flexibility index (Phi) is 12.9. The minimum atomic E-state index is -0.480. The molecular weight excluding hydrogens is 458 g/mol. The largest absolute Gasteiger partial charge is 0.460 e. The van der Waals surface area contributed by atoms with Crippen molar-refractivity contribution in [3.05, 3.63) is 35.4 Å². The molecule has 0 aromatic heterocycles. The van der Waals surface area contributed by atoms with Gasteiger partial charge >= 0.3 is 5.97 Å². The lowest BCUT2D eigenvalue weighted by molar-refractivity contribution is -0.156. The highest BCUT2D eigenvalue weighted by Gasteiger charge is 2.34. The number of benzene rings is 1. The summed E-state index contributed by atoms with van der Waals surface area (Å²) in [5.41, 5.74) is 0.399. The monoisotopic (exact) mass is 495 g/mol. The molecule has 0 fully saturated rings. The molecule has 10 nitrogen and oxygen atoms in total. The summed E-state index contributed by atoms with van der Waals surface area (Å²) >= 11 is 0. The van der Waals surface area contributed by atoms with Crippen molar-refractivity contribution in [1.82, 2.24) is 4.90 Å². The van der Waals surface area contributed by atoms with Crippen molar-refractivity contribution in [3.63, 3.8) is 0 Å². The molecule has 2 amide bonds. The van der Waals surface area contributed by atoms with Crippen LogP contribution in [0.25, 0.3) is 0 Å². The van der Waals surface area contributed by atoms with Gasteiger partial charge in [0.1, 0.15) is 5.60 Å². The fourth-order valence-corrected chi connectivity index (χ4v) is 3.13. The number of nitrogens with zero attached hydrogens (tertiary/aromatic N) is 1. The van der Waals surface area contributed by atoms with Crippen LogP contribution < -0.4 is 0 Å². The molecule has 0 unspecified atom stereocenters. The highest BCUT2D eigenvalue weighted by molar-refractivity contribution is 6.21. The lowest BCUT2D eigenvalue weighted by Gasteiger charge is -2.19. The van der Waals surface area contributed by atoms with E-state index >= 15 is 0 Å². The Balaban J connectivity index is 1.32. The summed E-state index contributed by atoms with van der Waals surface area (Å²) in [6, 6.07) is 6.80. The minimum Gasteiger partial charge on any atom is -0.460 e. The van der Waals surface area contributed by atoms with Gasteiger partial charge in [-0.3, -0.25) is 19.3 Å². The van der Waals surface area contributed by atoms with Gasteiger partial charge in [0.25, 0.3) is 11.8 Å². The summed E-state index contributed by atoms with van der Waals surface area (Å²) in [5.74, 6) is -0.836. The topological polar surface area (TPSA) is 110 Å². The zero-order valence-corrected chi connectivity index (χ0v) is 20.9. The van der Waals surface area contributed by atoms with Crippen LogP contribution in [0.15, 0.2) is 24.3 Å². The van der Waals surface area contributed by atoms with Gasteiger partial charge in [0.2, 0.25) is 0 Å². The van der Waals surface area contributed by atoms with E-state index in [9.17, 15) is 14.4 Å². The number of hydrogen-bond donors (Lipinski definition) is 0. The second-order valence-electron chi connectivity index (χ2n) is 8.71. The van der Waals surface area contributed by atoms with E-state index in [4.69, 9.17) is 28.4 Å². The predicted octanol–water partition coefficient (Wildman–Crippen LogP) is 2.10. The van der Waals surface area contributed by atoms with Crippen LogP contribution >= 0.6 is 0 Å². The third-order valence-corrected chi connectivity index (χ3v) is 4.70. The summed E-state index contributed by atoms with van der Waals surface area (Å²) in [7, 11) is 0. The Morgan fingerprint density at radius 3 is 1.51 bits per heavy atom. The molecular formula is C25H37NO9. The summed E-state index contributed by atoms with van der Waals surface area (Å²) in [6.45, 7) is 9.58. The van der Waals surface area contributed by atoms with Gasteiger partial charge in [-0.1, -0.05) is 12.1 Å². The minimum absolute atomic E-state index is 0.213. The van der Waals surface area contributed by atoms with Crippen LogP contribution in [0.4, 0.5) is 0 Å². The van der Waals surface area contributed by atoms with Crippen LogP contribution in [0.1, 0.15) is 47.9 Å². The molecule has 1 aliphatic heterocycles. The summed E-state index contributed by atoms with van der Waals surface area (Å²) in [5, 5.41) is 0. The van der Waals surface area contributed by atoms with Crippen molar-refractivity contribution in [2.75, 3.05) is 72.6 Å². The maximum atomic E-state index is 12.2. The van der Waals surface area contributed by atoms with E-state index in [1.807, 2.05) is 20.8 Å². The standard InChI is InChI=1S/C25H37NO9/c1-25(2,3)35-22(27)8-10-30-12-14-32-16-18-34-19-17-33-15-13-31-11-9-26-23(28)20-6-4-5-7-21(20)24(26)29/h4-7H,8-19H2,1-3H3. The van der Waals surface area contributed by atoms with Gasteiger partial charge in [-0.05, 0) is 32.9 Å². The van der Waals surface area contributed by atoms with Gasteiger partial charge < -0.3 is 28.4 Å². The van der Waals surface area contributed by atoms with Crippen molar-refractivity contribution in [3.8, 4) is 0 Å². The van der Waals surface area contributed by atoms with Crippen LogP contribution in [0.2, 0.25) is 0 Å². The van der Waals surface area contributed by atoms with Crippen molar-refractivity contribution in [2.45, 2.75) is 32.8 Å². The molecule has 2 rings (SSSR count). The van der Waals surface area contributed by atoms with Crippen LogP contribution in [-0.2, 0) is 33.2 Å². The van der Waals surface area contributed by atoms with Crippen molar-refractivity contribution >= 4 is 17.8 Å². The number of ether oxygens (including phenoxy) is 6. The lowest BCUT2D eigenvalue weighted by Crippen LogP contribution is -2.33. The van der Waals surface area contributed by atoms with Crippen LogP contribution in [-0.4, -0.2) is 101 Å². The molecule has 0 bridgehead atoms. The van der Waals surface area contributed by atoms with Gasteiger partial charge in [-0.2, -0.15) is 0 Å². The molecule has 0 aliphatic carbocycles. The Labute approximate surface area is 206 Å². The normalized spacial score (nSPS) is 13.4. The molecule has 196 valence electrons. The zero-order valence-electron chi connectivity index (χ0n) is 20.9. The number of imide groups is 1. The second-order valence-corrected chi connectivity index (χ2v) is 8.71. The molecule has 1 aliphatic rings. The Bertz CT molecular complexity index is 771. The highest BCUT2D eigenvalue weighted by atomic mass is 16.6. The number of carbonyl (C=O) groups excluding carboxylic acids is 3. The Morgan fingerprint density at radius 2 is 1.09 bits per heavy atom. The number of carbonyl (C=O) groups is 3. The number of amides is 2. The summed E-state index contributed by atoms with van der Waals surface area (Å²) < 4.78 is 32.2. The third-order valence-electron chi connectivity index (χ3n) is 4.70. The summed E-state index contributed by atoms with van der Waals surface area (Å²) in [6.07, 6.45) is 0.220. The van der Waals surface area contributed by atoms with E-state index in [-0.39, 0.29) is 37.4 Å². The van der Waals surface area contributed by atoms with Crippen LogP contribution in [0.5, 0.6) is 0 Å². The molecule has 1 heterocycles. The molecule has 0 spiro atoms. The Hall–Kier alpha value is -2.37. The number of esters is 1. The maximum Gasteiger partial charge on any atom is 0.308 e. The van der Waals surface area contributed by atoms with Crippen molar-refractivity contribution in [1.29, 1.82) is 0 Å². The fraction of sp³-hybridized carbons (Fsp3) is 0.640. The highest BCUT2D eigenvalue weighted by Crippen LogP contribution is 2.21. The zero-order chi connectivity index (χ0) is 25.5. The molecule has 0 radical (unpaired) electrons. The molecule has 10 heteroatoms. The van der Waals surface area contributed by atoms with E-state index in [1.165, 1.54) is 4.90 Å². The van der Waals surface area contributed by atoms with E-state index < -0.39 is 5.60 Å². The number of hydrogen-bond acceptors (Lipinski definition) is 9. The molecule has 1 aromatic rings. The molecule has 1 aromatic carbocycles. The first-order valence-corrected chi connectivity index (χ1v) is 11.9. The average Bonchev–Trinajstić information content (AvgIpc) is 3.04. The van der Waals surface area contributed by atoms with Gasteiger partial charge in [0.05, 0.1) is 90.2 Å². The predicted molar refractivity (Wildman–Crippen MR) is 126 cm³/mol. The quantitative estimate of drug-likeness (QED) is 0.172. The smallest absolute Gasteiger partial charge is 0.308 e. The van der Waals surface area contributed by atoms with Crippen LogP contribution in [0.3, 0.4) is 0 Å². The molecule has 0 N–H and O–H groups in total. The molecule has 0 saturated heterocycles. The van der Waals surface area contributed by atoms with Crippen molar-refractivity contribution < 1.29 is 42.8 Å². The fourth-order valence-electron chi connectivity index (χ4n) is 3.13. The van der Waals surface area contributed by atoms with E-state index in [0.717, 1.165) is 0 Å². The average molecular weight is 496 g/mol. The first-order valence-electron chi connectivity index (χ1n) is 11.9. The van der Waals surface area contributed by atoms with Gasteiger partial charge in [-0.15, -0.1) is 0 Å². The first kappa shape index (κ1) is 28.9. The number of fused-ring (bicyclic) bond motifs is 1. The first-order chi connectivity index (χ1) is 16.8. The Morgan fingerprint density at radius 1 is 0.686 bits per heavy atom. The van der Waals surface area contributed by atoms with Crippen LogP contribution in [0, 0.1) is 0 Å². The van der Waals surface area contributed by atoms with E-state index in [0.29, 0.717) is 70.6 Å².